The number of aryl methyl sites for hydroxylation is 1. The van der Waals surface area contributed by atoms with Crippen LogP contribution in [-0.2, 0) is 22.4 Å². The number of halogens is 2. The van der Waals surface area contributed by atoms with Crippen LogP contribution in [0.25, 0.3) is 0 Å². The Kier molecular flexibility index (Phi) is 7.00. The smallest absolute Gasteiger partial charge is 0.326 e. The highest BCUT2D eigenvalue weighted by Crippen LogP contribution is 2.39. The average Bonchev–Trinajstić information content (AvgIpc) is 2.66. The Labute approximate surface area is 179 Å². The van der Waals surface area contributed by atoms with E-state index in [-0.39, 0.29) is 18.7 Å². The number of rotatable bonds is 7. The molecule has 8 heteroatoms. The Bertz CT molecular complexity index is 903. The highest BCUT2D eigenvalue weighted by molar-refractivity contribution is 6.35. The molecule has 1 amide bonds. The van der Waals surface area contributed by atoms with E-state index in [4.69, 9.17) is 28.9 Å². The minimum absolute atomic E-state index is 0.188. The fraction of sp³-hybridized carbons (Fsp3) is 0.333. The third-order valence-corrected chi connectivity index (χ3v) is 5.47. The summed E-state index contributed by atoms with van der Waals surface area (Å²) >= 11 is 12.4. The van der Waals surface area contributed by atoms with Crippen LogP contribution in [-0.4, -0.2) is 29.6 Å². The summed E-state index contributed by atoms with van der Waals surface area (Å²) in [6.07, 6.45) is 2.21. The molecule has 0 aromatic heterocycles. The summed E-state index contributed by atoms with van der Waals surface area (Å²) in [5.74, 6) is -1.20. The third kappa shape index (κ3) is 5.41. The molecule has 1 aliphatic rings. The Morgan fingerprint density at radius 2 is 1.86 bits per heavy atom. The maximum absolute atomic E-state index is 12.6. The van der Waals surface area contributed by atoms with Crippen molar-refractivity contribution < 1.29 is 14.7 Å². The van der Waals surface area contributed by atoms with Crippen LogP contribution >= 0.6 is 23.2 Å². The van der Waals surface area contributed by atoms with Crippen molar-refractivity contribution in [2.75, 3.05) is 11.9 Å². The van der Waals surface area contributed by atoms with Gasteiger partial charge in [-0.1, -0.05) is 47.5 Å². The summed E-state index contributed by atoms with van der Waals surface area (Å²) in [4.78, 5) is 24.2. The van der Waals surface area contributed by atoms with E-state index >= 15 is 0 Å². The fourth-order valence-electron chi connectivity index (χ4n) is 3.51. The molecule has 2 aromatic carbocycles. The van der Waals surface area contributed by atoms with Gasteiger partial charge in [0.15, 0.2) is 0 Å². The highest BCUT2D eigenvalue weighted by Gasteiger charge is 2.33. The van der Waals surface area contributed by atoms with Crippen LogP contribution in [0.4, 0.5) is 5.69 Å². The first-order valence-electron chi connectivity index (χ1n) is 9.43. The lowest BCUT2D eigenvalue weighted by Crippen LogP contribution is -2.41. The first-order valence-corrected chi connectivity index (χ1v) is 10.2. The molecule has 154 valence electrons. The van der Waals surface area contributed by atoms with Gasteiger partial charge in [-0.25, -0.2) is 4.79 Å². The standard InChI is InChI=1S/C21H23Cl2N3O3/c22-14-9-15(23)20-16(10-14)25-18(21(28)29)11-17(20)26-19(27)8-13-5-3-12(4-6-13)2-1-7-24/h3-6,9-10,17-18,25H,1-2,7-8,11,24H2,(H,26,27)(H,28,29). The van der Waals surface area contributed by atoms with Crippen molar-refractivity contribution in [3.63, 3.8) is 0 Å². The lowest BCUT2D eigenvalue weighted by Gasteiger charge is -2.32. The average molecular weight is 436 g/mol. The van der Waals surface area contributed by atoms with Gasteiger partial charge in [-0.15, -0.1) is 0 Å². The number of nitrogens with one attached hydrogen (secondary N) is 2. The number of anilines is 1. The molecular formula is C21H23Cl2N3O3. The van der Waals surface area contributed by atoms with Crippen molar-refractivity contribution in [2.24, 2.45) is 5.73 Å². The molecule has 3 rings (SSSR count). The molecule has 6 nitrogen and oxygen atoms in total. The zero-order valence-corrected chi connectivity index (χ0v) is 17.3. The predicted molar refractivity (Wildman–Crippen MR) is 115 cm³/mol. The molecule has 0 saturated heterocycles. The van der Waals surface area contributed by atoms with Crippen molar-refractivity contribution in [1.29, 1.82) is 0 Å². The van der Waals surface area contributed by atoms with Gasteiger partial charge in [-0.05, 0) is 42.6 Å². The van der Waals surface area contributed by atoms with Gasteiger partial charge in [0.25, 0.3) is 0 Å². The van der Waals surface area contributed by atoms with Crippen LogP contribution < -0.4 is 16.4 Å². The largest absolute Gasteiger partial charge is 0.480 e. The molecule has 0 saturated carbocycles. The molecule has 1 aliphatic heterocycles. The van der Waals surface area contributed by atoms with Gasteiger partial charge < -0.3 is 21.5 Å². The Balaban J connectivity index is 1.73. The summed E-state index contributed by atoms with van der Waals surface area (Å²) in [6.45, 7) is 0.646. The summed E-state index contributed by atoms with van der Waals surface area (Å²) in [5.41, 5.74) is 8.77. The number of fused-ring (bicyclic) bond motifs is 1. The second kappa shape index (κ2) is 9.48. The molecule has 2 aromatic rings. The number of aliphatic carboxylic acids is 1. The SMILES string of the molecule is NCCCc1ccc(CC(=O)NC2CC(C(=O)O)Nc3cc(Cl)cc(Cl)c32)cc1. The van der Waals surface area contributed by atoms with Crippen molar-refractivity contribution in [1.82, 2.24) is 5.32 Å². The quantitative estimate of drug-likeness (QED) is 0.532. The van der Waals surface area contributed by atoms with Gasteiger partial charge in [0, 0.05) is 27.7 Å². The molecule has 29 heavy (non-hydrogen) atoms. The second-order valence-corrected chi connectivity index (χ2v) is 7.97. The van der Waals surface area contributed by atoms with Gasteiger partial charge in [-0.2, -0.15) is 0 Å². The number of carboxylic acids is 1. The van der Waals surface area contributed by atoms with Crippen LogP contribution in [0.3, 0.4) is 0 Å². The van der Waals surface area contributed by atoms with E-state index in [1.807, 2.05) is 24.3 Å². The summed E-state index contributed by atoms with van der Waals surface area (Å²) in [6, 6.07) is 9.69. The Hall–Kier alpha value is -2.28. The second-order valence-electron chi connectivity index (χ2n) is 7.13. The monoisotopic (exact) mass is 435 g/mol. The molecule has 2 atom stereocenters. The van der Waals surface area contributed by atoms with Crippen molar-refractivity contribution in [3.8, 4) is 0 Å². The fourth-order valence-corrected chi connectivity index (χ4v) is 4.14. The van der Waals surface area contributed by atoms with Crippen LogP contribution in [0.1, 0.15) is 35.6 Å². The Morgan fingerprint density at radius 1 is 1.17 bits per heavy atom. The summed E-state index contributed by atoms with van der Waals surface area (Å²) in [7, 11) is 0. The van der Waals surface area contributed by atoms with Crippen molar-refractivity contribution in [3.05, 3.63) is 63.1 Å². The molecular weight excluding hydrogens is 413 g/mol. The Morgan fingerprint density at radius 3 is 2.52 bits per heavy atom. The molecule has 5 N–H and O–H groups in total. The molecule has 0 fully saturated rings. The number of amides is 1. The number of carbonyl (C=O) groups excluding carboxylic acids is 1. The first-order chi connectivity index (χ1) is 13.9. The number of hydrogen-bond donors (Lipinski definition) is 4. The van der Waals surface area contributed by atoms with Crippen LogP contribution in [0.15, 0.2) is 36.4 Å². The number of benzene rings is 2. The molecule has 0 spiro atoms. The van der Waals surface area contributed by atoms with Crippen LogP contribution in [0, 0.1) is 0 Å². The van der Waals surface area contributed by atoms with E-state index in [1.54, 1.807) is 12.1 Å². The topological polar surface area (TPSA) is 104 Å². The maximum Gasteiger partial charge on any atom is 0.326 e. The third-order valence-electron chi connectivity index (χ3n) is 4.93. The first kappa shape index (κ1) is 21.4. The minimum atomic E-state index is -1.00. The predicted octanol–water partition coefficient (Wildman–Crippen LogP) is 3.55. The lowest BCUT2D eigenvalue weighted by atomic mass is 9.92. The number of carbonyl (C=O) groups is 2. The van der Waals surface area contributed by atoms with Gasteiger partial charge in [-0.3, -0.25) is 4.79 Å². The van der Waals surface area contributed by atoms with E-state index in [0.717, 1.165) is 18.4 Å². The zero-order chi connectivity index (χ0) is 21.0. The summed E-state index contributed by atoms with van der Waals surface area (Å²) < 4.78 is 0. The summed E-state index contributed by atoms with van der Waals surface area (Å²) in [5, 5.41) is 16.1. The van der Waals surface area contributed by atoms with E-state index in [2.05, 4.69) is 10.6 Å². The molecule has 2 unspecified atom stereocenters. The van der Waals surface area contributed by atoms with E-state index in [1.165, 1.54) is 5.56 Å². The van der Waals surface area contributed by atoms with E-state index in [9.17, 15) is 14.7 Å². The minimum Gasteiger partial charge on any atom is -0.480 e. The van der Waals surface area contributed by atoms with Gasteiger partial charge in [0.2, 0.25) is 5.91 Å². The molecule has 0 bridgehead atoms. The molecule has 1 heterocycles. The van der Waals surface area contributed by atoms with Gasteiger partial charge >= 0.3 is 5.97 Å². The molecule has 0 radical (unpaired) electrons. The van der Waals surface area contributed by atoms with Gasteiger partial charge in [0.1, 0.15) is 6.04 Å². The van der Waals surface area contributed by atoms with E-state index in [0.29, 0.717) is 27.8 Å². The number of hydrogen-bond acceptors (Lipinski definition) is 4. The number of carboxylic acid groups (broad SMARTS) is 1. The van der Waals surface area contributed by atoms with Crippen LogP contribution in [0.5, 0.6) is 0 Å². The highest BCUT2D eigenvalue weighted by atomic mass is 35.5. The van der Waals surface area contributed by atoms with Gasteiger partial charge in [0.05, 0.1) is 12.5 Å². The zero-order valence-electron chi connectivity index (χ0n) is 15.8. The molecule has 0 aliphatic carbocycles. The number of nitrogens with two attached hydrogens (primary N) is 1. The lowest BCUT2D eigenvalue weighted by molar-refractivity contribution is -0.138. The van der Waals surface area contributed by atoms with Crippen molar-refractivity contribution in [2.45, 2.75) is 37.8 Å². The maximum atomic E-state index is 12.6. The van der Waals surface area contributed by atoms with E-state index < -0.39 is 18.1 Å². The van der Waals surface area contributed by atoms with Crippen molar-refractivity contribution >= 4 is 40.8 Å². The van der Waals surface area contributed by atoms with Crippen LogP contribution in [0.2, 0.25) is 10.0 Å². The normalized spacial score (nSPS) is 17.9.